The third-order valence-electron chi connectivity index (χ3n) is 3.15. The smallest absolute Gasteiger partial charge is 0.338 e. The highest BCUT2D eigenvalue weighted by atomic mass is 16.6. The topological polar surface area (TPSA) is 69.4 Å². The van der Waals surface area contributed by atoms with Gasteiger partial charge in [-0.25, -0.2) is 4.79 Å². The molecule has 0 saturated heterocycles. The second-order valence-corrected chi connectivity index (χ2v) is 4.86. The summed E-state index contributed by atoms with van der Waals surface area (Å²) in [5, 5.41) is 11.3. The van der Waals surface area contributed by atoms with Gasteiger partial charge in [0, 0.05) is 6.07 Å². The average Bonchev–Trinajstić information content (AvgIpc) is 2.44. The summed E-state index contributed by atoms with van der Waals surface area (Å²) in [7, 11) is 1.24. The molecule has 0 spiro atoms. The van der Waals surface area contributed by atoms with E-state index >= 15 is 0 Å². The Balaban J connectivity index is 2.63. The van der Waals surface area contributed by atoms with Crippen LogP contribution >= 0.6 is 0 Å². The maximum atomic E-state index is 11.5. The largest absolute Gasteiger partial charge is 0.465 e. The van der Waals surface area contributed by atoms with E-state index in [-0.39, 0.29) is 11.3 Å². The Morgan fingerprint density at radius 1 is 1.10 bits per heavy atom. The van der Waals surface area contributed by atoms with Gasteiger partial charge in [0.05, 0.1) is 23.2 Å². The highest BCUT2D eigenvalue weighted by Crippen LogP contribution is 2.32. The summed E-state index contributed by atoms with van der Waals surface area (Å²) >= 11 is 0. The van der Waals surface area contributed by atoms with E-state index < -0.39 is 10.9 Å². The molecule has 0 saturated carbocycles. The fraction of sp³-hybridized carbons (Fsp3) is 0.188. The molecule has 0 bridgehead atoms. The molecule has 0 unspecified atom stereocenters. The van der Waals surface area contributed by atoms with Crippen molar-refractivity contribution in [1.29, 1.82) is 0 Å². The van der Waals surface area contributed by atoms with Gasteiger partial charge in [0.15, 0.2) is 0 Å². The fourth-order valence-electron chi connectivity index (χ4n) is 2.30. The molecule has 0 aliphatic carbocycles. The van der Waals surface area contributed by atoms with Crippen LogP contribution in [0, 0.1) is 24.0 Å². The number of carbonyl (C=O) groups excluding carboxylic acids is 1. The number of esters is 1. The third-order valence-corrected chi connectivity index (χ3v) is 3.15. The second kappa shape index (κ2) is 5.75. The molecule has 0 aromatic heterocycles. The Hall–Kier alpha value is -2.69. The molecule has 21 heavy (non-hydrogen) atoms. The molecule has 2 aromatic carbocycles. The lowest BCUT2D eigenvalue weighted by Gasteiger charge is -2.07. The Kier molecular flexibility index (Phi) is 4.03. The van der Waals surface area contributed by atoms with E-state index in [0.29, 0.717) is 5.56 Å². The average molecular weight is 285 g/mol. The van der Waals surface area contributed by atoms with Crippen LogP contribution in [0.4, 0.5) is 5.69 Å². The third kappa shape index (κ3) is 3.08. The maximum absolute atomic E-state index is 11.5. The molecule has 2 rings (SSSR count). The Labute approximate surface area is 122 Å². The van der Waals surface area contributed by atoms with Crippen LogP contribution in [0.5, 0.6) is 0 Å². The first-order chi connectivity index (χ1) is 9.92. The van der Waals surface area contributed by atoms with Crippen molar-refractivity contribution in [3.8, 4) is 11.1 Å². The van der Waals surface area contributed by atoms with Crippen molar-refractivity contribution >= 4 is 11.7 Å². The van der Waals surface area contributed by atoms with E-state index in [1.54, 1.807) is 6.07 Å². The van der Waals surface area contributed by atoms with Gasteiger partial charge < -0.3 is 4.74 Å². The minimum Gasteiger partial charge on any atom is -0.465 e. The van der Waals surface area contributed by atoms with Crippen molar-refractivity contribution in [2.24, 2.45) is 0 Å². The first kappa shape index (κ1) is 14.7. The number of methoxy groups -OCH3 is 1. The number of carbonyl (C=O) groups is 1. The fourth-order valence-corrected chi connectivity index (χ4v) is 2.30. The summed E-state index contributed by atoms with van der Waals surface area (Å²) in [6.07, 6.45) is 0. The highest BCUT2D eigenvalue weighted by Gasteiger charge is 2.19. The lowest BCUT2D eigenvalue weighted by Crippen LogP contribution is -2.03. The predicted molar refractivity (Wildman–Crippen MR) is 79.3 cm³/mol. The van der Waals surface area contributed by atoms with Crippen LogP contribution in [0.3, 0.4) is 0 Å². The zero-order valence-corrected chi connectivity index (χ0v) is 12.0. The zero-order valence-electron chi connectivity index (χ0n) is 12.0. The molecule has 0 fully saturated rings. The number of benzene rings is 2. The summed E-state index contributed by atoms with van der Waals surface area (Å²) in [6.45, 7) is 3.87. The minimum atomic E-state index is -0.593. The number of nitro benzene ring substituents is 1. The maximum Gasteiger partial charge on any atom is 0.338 e. The Morgan fingerprint density at radius 3 is 2.24 bits per heavy atom. The van der Waals surface area contributed by atoms with Crippen molar-refractivity contribution in [3.63, 3.8) is 0 Å². The van der Waals surface area contributed by atoms with Gasteiger partial charge in [-0.1, -0.05) is 29.3 Å². The van der Waals surface area contributed by atoms with Gasteiger partial charge in [-0.2, -0.15) is 0 Å². The summed E-state index contributed by atoms with van der Waals surface area (Å²) < 4.78 is 4.59. The number of ether oxygens (including phenoxy) is 1. The minimum absolute atomic E-state index is 0.108. The van der Waals surface area contributed by atoms with Gasteiger partial charge in [-0.05, 0) is 31.5 Å². The molecule has 0 N–H and O–H groups in total. The molecule has 0 radical (unpaired) electrons. The van der Waals surface area contributed by atoms with Crippen molar-refractivity contribution in [3.05, 3.63) is 63.2 Å². The monoisotopic (exact) mass is 285 g/mol. The van der Waals surface area contributed by atoms with Crippen LogP contribution in [-0.4, -0.2) is 18.0 Å². The molecule has 0 aliphatic rings. The van der Waals surface area contributed by atoms with E-state index in [9.17, 15) is 14.9 Å². The van der Waals surface area contributed by atoms with E-state index in [1.165, 1.54) is 19.2 Å². The summed E-state index contributed by atoms with van der Waals surface area (Å²) in [5.41, 5.74) is 3.35. The molecular weight excluding hydrogens is 270 g/mol. The van der Waals surface area contributed by atoms with Gasteiger partial charge in [0.2, 0.25) is 0 Å². The second-order valence-electron chi connectivity index (χ2n) is 4.86. The van der Waals surface area contributed by atoms with E-state index in [2.05, 4.69) is 4.74 Å². The number of nitrogens with zero attached hydrogens (tertiary/aromatic N) is 1. The summed E-state index contributed by atoms with van der Waals surface area (Å²) in [6, 6.07) is 10.1. The molecule has 108 valence electrons. The summed E-state index contributed by atoms with van der Waals surface area (Å²) in [5.74, 6) is -0.593. The molecule has 0 heterocycles. The van der Waals surface area contributed by atoms with Crippen LogP contribution in [0.15, 0.2) is 36.4 Å². The van der Waals surface area contributed by atoms with Crippen molar-refractivity contribution in [2.45, 2.75) is 13.8 Å². The van der Waals surface area contributed by atoms with Crippen LogP contribution < -0.4 is 0 Å². The van der Waals surface area contributed by atoms with Crippen molar-refractivity contribution in [2.75, 3.05) is 7.11 Å². The van der Waals surface area contributed by atoms with Gasteiger partial charge in [0.1, 0.15) is 0 Å². The van der Waals surface area contributed by atoms with E-state index in [4.69, 9.17) is 0 Å². The first-order valence-corrected chi connectivity index (χ1v) is 6.38. The van der Waals surface area contributed by atoms with Gasteiger partial charge >= 0.3 is 5.97 Å². The Morgan fingerprint density at radius 2 is 1.71 bits per heavy atom. The van der Waals surface area contributed by atoms with Crippen LogP contribution in [-0.2, 0) is 4.74 Å². The van der Waals surface area contributed by atoms with Gasteiger partial charge in [-0.3, -0.25) is 10.1 Å². The number of nitro groups is 1. The van der Waals surface area contributed by atoms with E-state index in [1.807, 2.05) is 32.0 Å². The SMILES string of the molecule is COC(=O)c1ccc(-c2cc(C)cc(C)c2)c([N+](=O)[O-])c1. The molecule has 2 aromatic rings. The summed E-state index contributed by atoms with van der Waals surface area (Å²) in [4.78, 5) is 22.3. The number of aryl methyl sites for hydroxylation is 2. The molecular formula is C16H15NO4. The zero-order chi connectivity index (χ0) is 15.6. The standard InChI is InChI=1S/C16H15NO4/c1-10-6-11(2)8-13(7-10)14-5-4-12(16(18)21-3)9-15(14)17(19)20/h4-9H,1-3H3. The Bertz CT molecular complexity index is 702. The quantitative estimate of drug-likeness (QED) is 0.490. The molecule has 5 heteroatoms. The highest BCUT2D eigenvalue weighted by molar-refractivity contribution is 5.92. The van der Waals surface area contributed by atoms with Gasteiger partial charge in [0.25, 0.3) is 5.69 Å². The van der Waals surface area contributed by atoms with Crippen LogP contribution in [0.1, 0.15) is 21.5 Å². The van der Waals surface area contributed by atoms with Crippen LogP contribution in [0.2, 0.25) is 0 Å². The van der Waals surface area contributed by atoms with Crippen LogP contribution in [0.25, 0.3) is 11.1 Å². The normalized spacial score (nSPS) is 10.2. The lowest BCUT2D eigenvalue weighted by atomic mass is 9.98. The van der Waals surface area contributed by atoms with Crippen molar-refractivity contribution < 1.29 is 14.5 Å². The predicted octanol–water partition coefficient (Wildman–Crippen LogP) is 3.67. The first-order valence-electron chi connectivity index (χ1n) is 6.38. The lowest BCUT2D eigenvalue weighted by molar-refractivity contribution is -0.384. The molecule has 0 atom stereocenters. The number of rotatable bonds is 3. The number of hydrogen-bond acceptors (Lipinski definition) is 4. The van der Waals surface area contributed by atoms with Crippen molar-refractivity contribution in [1.82, 2.24) is 0 Å². The van der Waals surface area contributed by atoms with Gasteiger partial charge in [-0.15, -0.1) is 0 Å². The molecule has 0 amide bonds. The molecule has 5 nitrogen and oxygen atoms in total. The molecule has 0 aliphatic heterocycles. The number of hydrogen-bond donors (Lipinski definition) is 0. The van der Waals surface area contributed by atoms with E-state index in [0.717, 1.165) is 16.7 Å².